The highest BCUT2D eigenvalue weighted by Gasteiger charge is 2.21. The molecule has 17 heavy (non-hydrogen) atoms. The lowest BCUT2D eigenvalue weighted by Crippen LogP contribution is -2.13. The summed E-state index contributed by atoms with van der Waals surface area (Å²) in [4.78, 5) is 14.3. The molecule has 0 aliphatic carbocycles. The van der Waals surface area contributed by atoms with Gasteiger partial charge in [0.25, 0.3) is 10.0 Å². The molecule has 0 aliphatic heterocycles. The van der Waals surface area contributed by atoms with E-state index in [1.54, 1.807) is 11.4 Å². The van der Waals surface area contributed by atoms with Gasteiger partial charge in [0.15, 0.2) is 5.69 Å². The Labute approximate surface area is 105 Å². The summed E-state index contributed by atoms with van der Waals surface area (Å²) in [5.41, 5.74) is 0.977. The van der Waals surface area contributed by atoms with Crippen LogP contribution in [-0.2, 0) is 10.0 Å². The van der Waals surface area contributed by atoms with Crippen molar-refractivity contribution < 1.29 is 18.3 Å². The third-order valence-corrected chi connectivity index (χ3v) is 5.38. The Hall–Kier alpha value is -1.45. The fourth-order valence-corrected chi connectivity index (χ4v) is 4.04. The summed E-state index contributed by atoms with van der Waals surface area (Å²) in [7, 11) is -3.72. The molecule has 0 unspecified atom stereocenters. The van der Waals surface area contributed by atoms with E-state index >= 15 is 0 Å². The molecule has 0 fully saturated rings. The predicted octanol–water partition coefficient (Wildman–Crippen LogP) is 1.70. The first-order valence-corrected chi connectivity index (χ1v) is 7.48. The molecule has 2 rings (SSSR count). The van der Waals surface area contributed by atoms with E-state index in [-0.39, 0.29) is 14.9 Å². The Morgan fingerprint density at radius 1 is 1.41 bits per heavy atom. The smallest absolute Gasteiger partial charge is 0.357 e. The fraction of sp³-hybridized carbons (Fsp3) is 0. The molecule has 90 valence electrons. The van der Waals surface area contributed by atoms with E-state index in [4.69, 9.17) is 5.11 Å². The van der Waals surface area contributed by atoms with E-state index < -0.39 is 16.0 Å². The van der Waals surface area contributed by atoms with Gasteiger partial charge in [0.05, 0.1) is 5.51 Å². The van der Waals surface area contributed by atoms with Crippen molar-refractivity contribution in [2.24, 2.45) is 0 Å². The van der Waals surface area contributed by atoms with Gasteiger partial charge in [0, 0.05) is 0 Å². The van der Waals surface area contributed by atoms with Crippen molar-refractivity contribution in [2.75, 3.05) is 4.72 Å². The molecular formula is C8H6N2O4S3. The average Bonchev–Trinajstić information content (AvgIpc) is 2.85. The molecule has 0 aliphatic rings. The lowest BCUT2D eigenvalue weighted by atomic mass is 10.5. The Bertz CT molecular complexity index is 630. The van der Waals surface area contributed by atoms with Crippen molar-refractivity contribution >= 4 is 43.7 Å². The van der Waals surface area contributed by atoms with Gasteiger partial charge in [-0.15, -0.1) is 22.7 Å². The number of thiazole rings is 1. The zero-order chi connectivity index (χ0) is 12.5. The van der Waals surface area contributed by atoms with Crippen LogP contribution in [0, 0.1) is 0 Å². The molecule has 6 nitrogen and oxygen atoms in total. The number of aromatic nitrogens is 1. The number of rotatable bonds is 4. The Kier molecular flexibility index (Phi) is 3.13. The molecule has 0 atom stereocenters. The number of carbonyl (C=O) groups is 1. The Morgan fingerprint density at radius 2 is 2.18 bits per heavy atom. The highest BCUT2D eigenvalue weighted by atomic mass is 32.2. The predicted molar refractivity (Wildman–Crippen MR) is 64.2 cm³/mol. The molecule has 0 bridgehead atoms. The molecule has 0 spiro atoms. The average molecular weight is 290 g/mol. The molecule has 2 aromatic rings. The lowest BCUT2D eigenvalue weighted by Gasteiger charge is -2.03. The third-order valence-electron chi connectivity index (χ3n) is 1.76. The summed E-state index contributed by atoms with van der Waals surface area (Å²) in [5.74, 6) is -1.27. The summed E-state index contributed by atoms with van der Waals surface area (Å²) in [6.07, 6.45) is 0. The molecule has 0 saturated carbocycles. The SMILES string of the molecule is O=C(O)c1ncsc1NS(=O)(=O)c1cccs1. The zero-order valence-corrected chi connectivity index (χ0v) is 10.6. The number of aromatic carboxylic acids is 1. The van der Waals surface area contributed by atoms with Crippen LogP contribution in [0.2, 0.25) is 0 Å². The fourth-order valence-electron chi connectivity index (χ4n) is 1.06. The summed E-state index contributed by atoms with van der Waals surface area (Å²) in [6.45, 7) is 0. The number of hydrogen-bond acceptors (Lipinski definition) is 6. The molecule has 2 aromatic heterocycles. The Balaban J connectivity index is 2.33. The summed E-state index contributed by atoms with van der Waals surface area (Å²) in [5, 5.41) is 10.4. The second-order valence-corrected chi connectivity index (χ2v) is 6.58. The molecular weight excluding hydrogens is 284 g/mol. The van der Waals surface area contributed by atoms with Gasteiger partial charge in [-0.2, -0.15) is 0 Å². The van der Waals surface area contributed by atoms with Gasteiger partial charge >= 0.3 is 5.97 Å². The van der Waals surface area contributed by atoms with Gasteiger partial charge in [-0.3, -0.25) is 4.72 Å². The molecule has 0 radical (unpaired) electrons. The van der Waals surface area contributed by atoms with Crippen LogP contribution in [0.3, 0.4) is 0 Å². The van der Waals surface area contributed by atoms with E-state index in [0.29, 0.717) is 0 Å². The van der Waals surface area contributed by atoms with Crippen LogP contribution in [0.1, 0.15) is 10.5 Å². The van der Waals surface area contributed by atoms with Gasteiger partial charge < -0.3 is 5.11 Å². The number of nitrogens with zero attached hydrogens (tertiary/aromatic N) is 1. The van der Waals surface area contributed by atoms with Crippen molar-refractivity contribution in [2.45, 2.75) is 4.21 Å². The quantitative estimate of drug-likeness (QED) is 0.893. The number of hydrogen-bond donors (Lipinski definition) is 2. The first kappa shape index (κ1) is 12.0. The zero-order valence-electron chi connectivity index (χ0n) is 8.15. The van der Waals surface area contributed by atoms with E-state index in [9.17, 15) is 13.2 Å². The van der Waals surface area contributed by atoms with Gasteiger partial charge in [-0.05, 0) is 11.4 Å². The minimum Gasteiger partial charge on any atom is -0.476 e. The van der Waals surface area contributed by atoms with Crippen molar-refractivity contribution in [3.8, 4) is 0 Å². The normalized spacial score (nSPS) is 11.3. The molecule has 0 aromatic carbocycles. The van der Waals surface area contributed by atoms with E-state index in [1.165, 1.54) is 11.6 Å². The first-order valence-electron chi connectivity index (χ1n) is 4.24. The highest BCUT2D eigenvalue weighted by Crippen LogP contribution is 2.25. The number of anilines is 1. The van der Waals surface area contributed by atoms with Crippen LogP contribution in [0.5, 0.6) is 0 Å². The monoisotopic (exact) mass is 290 g/mol. The van der Waals surface area contributed by atoms with E-state index in [1.807, 2.05) is 0 Å². The van der Waals surface area contributed by atoms with Crippen LogP contribution in [0.15, 0.2) is 27.2 Å². The van der Waals surface area contributed by atoms with Gasteiger partial charge in [0.2, 0.25) is 0 Å². The lowest BCUT2D eigenvalue weighted by molar-refractivity contribution is 0.0692. The van der Waals surface area contributed by atoms with Crippen molar-refractivity contribution in [3.63, 3.8) is 0 Å². The summed E-state index contributed by atoms with van der Waals surface area (Å²) >= 11 is 1.98. The largest absolute Gasteiger partial charge is 0.476 e. The molecule has 2 heterocycles. The van der Waals surface area contributed by atoms with Crippen LogP contribution >= 0.6 is 22.7 Å². The van der Waals surface area contributed by atoms with E-state index in [0.717, 1.165) is 22.7 Å². The topological polar surface area (TPSA) is 96.4 Å². The molecule has 9 heteroatoms. The standard InChI is InChI=1S/C8H6N2O4S3/c11-8(12)6-7(16-4-9-6)10-17(13,14)5-2-1-3-15-5/h1-4,10H,(H,11,12). The number of sulfonamides is 1. The number of thiophene rings is 1. The van der Waals surface area contributed by atoms with Gasteiger partial charge in [-0.25, -0.2) is 18.2 Å². The number of carboxylic acids is 1. The van der Waals surface area contributed by atoms with Crippen LogP contribution in [0.25, 0.3) is 0 Å². The van der Waals surface area contributed by atoms with Crippen LogP contribution < -0.4 is 4.72 Å². The van der Waals surface area contributed by atoms with E-state index in [2.05, 4.69) is 9.71 Å². The second kappa shape index (κ2) is 4.43. The van der Waals surface area contributed by atoms with Gasteiger partial charge in [0.1, 0.15) is 9.21 Å². The maximum absolute atomic E-state index is 11.8. The number of nitrogens with one attached hydrogen (secondary N) is 1. The minimum atomic E-state index is -3.72. The van der Waals surface area contributed by atoms with Crippen molar-refractivity contribution in [1.29, 1.82) is 0 Å². The molecule has 0 amide bonds. The third kappa shape index (κ3) is 2.46. The maximum atomic E-state index is 11.8. The van der Waals surface area contributed by atoms with Crippen LogP contribution in [-0.4, -0.2) is 24.5 Å². The van der Waals surface area contributed by atoms with Crippen LogP contribution in [0.4, 0.5) is 5.00 Å². The van der Waals surface area contributed by atoms with Gasteiger partial charge in [-0.1, -0.05) is 6.07 Å². The minimum absolute atomic E-state index is 0.00546. The summed E-state index contributed by atoms with van der Waals surface area (Å²) in [6, 6.07) is 3.04. The van der Waals surface area contributed by atoms with Crippen molar-refractivity contribution in [1.82, 2.24) is 4.98 Å². The maximum Gasteiger partial charge on any atom is 0.357 e. The summed E-state index contributed by atoms with van der Waals surface area (Å²) < 4.78 is 26.0. The highest BCUT2D eigenvalue weighted by molar-refractivity contribution is 7.94. The first-order chi connectivity index (χ1) is 8.00. The molecule has 0 saturated heterocycles. The molecule has 2 N–H and O–H groups in total. The second-order valence-electron chi connectivity index (χ2n) is 2.87. The van der Waals surface area contributed by atoms with Crippen molar-refractivity contribution in [3.05, 3.63) is 28.7 Å². The number of carboxylic acid groups (broad SMARTS) is 1. The Morgan fingerprint density at radius 3 is 2.76 bits per heavy atom.